The van der Waals surface area contributed by atoms with Gasteiger partial charge in [0.1, 0.15) is 10.7 Å². The summed E-state index contributed by atoms with van der Waals surface area (Å²) in [4.78, 5) is 4.37. The molecule has 2 N–H and O–H groups in total. The van der Waals surface area contributed by atoms with Crippen LogP contribution in [-0.2, 0) is 10.0 Å². The summed E-state index contributed by atoms with van der Waals surface area (Å²) in [7, 11) is -3.48. The predicted molar refractivity (Wildman–Crippen MR) is 102 cm³/mol. The molecule has 1 aliphatic heterocycles. The number of nitrogens with zero attached hydrogens (tertiary/aromatic N) is 2. The summed E-state index contributed by atoms with van der Waals surface area (Å²) in [5, 5.41) is 13.8. The minimum atomic E-state index is -3.48. The molecule has 2 heterocycles. The molecule has 1 unspecified atom stereocenters. The van der Waals surface area contributed by atoms with Crippen LogP contribution in [0.3, 0.4) is 0 Å². The van der Waals surface area contributed by atoms with Crippen molar-refractivity contribution in [3.63, 3.8) is 0 Å². The molecule has 8 heteroatoms. The first kappa shape index (κ1) is 19.1. The summed E-state index contributed by atoms with van der Waals surface area (Å²) in [6.07, 6.45) is 3.51. The van der Waals surface area contributed by atoms with Crippen molar-refractivity contribution in [2.75, 3.05) is 25.0 Å². The number of halogens is 1. The van der Waals surface area contributed by atoms with Crippen molar-refractivity contribution in [1.29, 1.82) is 0 Å². The highest BCUT2D eigenvalue weighted by Crippen LogP contribution is 2.21. The molecule has 1 saturated heterocycles. The van der Waals surface area contributed by atoms with Crippen molar-refractivity contribution < 1.29 is 13.5 Å². The Morgan fingerprint density at radius 2 is 1.81 bits per heavy atom. The molecule has 0 aliphatic carbocycles. The summed E-state index contributed by atoms with van der Waals surface area (Å²) >= 11 is 5.84. The van der Waals surface area contributed by atoms with E-state index in [2.05, 4.69) is 10.3 Å². The second kappa shape index (κ2) is 8.35. The Morgan fingerprint density at radius 3 is 2.42 bits per heavy atom. The molecule has 1 fully saturated rings. The summed E-state index contributed by atoms with van der Waals surface area (Å²) in [6, 6.07) is 10.1. The monoisotopic (exact) mass is 395 g/mol. The highest BCUT2D eigenvalue weighted by atomic mass is 35.5. The average Bonchev–Trinajstić information content (AvgIpc) is 2.67. The minimum absolute atomic E-state index is 0.197. The third-order valence-corrected chi connectivity index (χ3v) is 6.55. The van der Waals surface area contributed by atoms with Gasteiger partial charge >= 0.3 is 0 Å². The van der Waals surface area contributed by atoms with Crippen LogP contribution in [0.15, 0.2) is 47.5 Å². The number of piperidine rings is 1. The maximum Gasteiger partial charge on any atom is 0.244 e. The van der Waals surface area contributed by atoms with Crippen molar-refractivity contribution in [2.24, 2.45) is 0 Å². The lowest BCUT2D eigenvalue weighted by Crippen LogP contribution is -2.35. The van der Waals surface area contributed by atoms with Crippen molar-refractivity contribution in [2.45, 2.75) is 30.3 Å². The van der Waals surface area contributed by atoms with E-state index in [1.807, 2.05) is 0 Å². The fourth-order valence-corrected chi connectivity index (χ4v) is 4.48. The SMILES string of the molecule is O=S(=O)(c1ccc(NCC(O)c2ccc(Cl)cc2)nc1)N1CCCCC1. The normalized spacial score (nSPS) is 17.0. The molecule has 0 radical (unpaired) electrons. The van der Waals surface area contributed by atoms with Gasteiger partial charge in [0, 0.05) is 30.9 Å². The third-order valence-electron chi connectivity index (χ3n) is 4.42. The first-order chi connectivity index (χ1) is 12.5. The number of nitrogens with one attached hydrogen (secondary N) is 1. The number of aromatic nitrogens is 1. The van der Waals surface area contributed by atoms with Gasteiger partial charge in [-0.15, -0.1) is 0 Å². The van der Waals surface area contributed by atoms with Crippen molar-refractivity contribution in [1.82, 2.24) is 9.29 Å². The number of pyridine rings is 1. The topological polar surface area (TPSA) is 82.5 Å². The van der Waals surface area contributed by atoms with Gasteiger partial charge in [0.25, 0.3) is 0 Å². The smallest absolute Gasteiger partial charge is 0.244 e. The van der Waals surface area contributed by atoms with Crippen LogP contribution in [0.5, 0.6) is 0 Å². The number of benzene rings is 1. The Morgan fingerprint density at radius 1 is 1.12 bits per heavy atom. The van der Waals surface area contributed by atoms with Gasteiger partial charge in [0.05, 0.1) is 6.10 Å². The number of anilines is 1. The molecular weight excluding hydrogens is 374 g/mol. The van der Waals surface area contributed by atoms with Crippen LogP contribution in [0.25, 0.3) is 0 Å². The van der Waals surface area contributed by atoms with Crippen LogP contribution in [-0.4, -0.2) is 42.4 Å². The molecule has 1 atom stereocenters. The Kier molecular flexibility index (Phi) is 6.13. The number of aliphatic hydroxyl groups is 1. The molecular formula is C18H22ClN3O3S. The molecule has 1 aromatic carbocycles. The van der Waals surface area contributed by atoms with Crippen LogP contribution in [0, 0.1) is 0 Å². The quantitative estimate of drug-likeness (QED) is 0.785. The molecule has 26 heavy (non-hydrogen) atoms. The maximum atomic E-state index is 12.6. The largest absolute Gasteiger partial charge is 0.387 e. The summed E-state index contributed by atoms with van der Waals surface area (Å²) in [6.45, 7) is 1.39. The van der Waals surface area contributed by atoms with E-state index in [-0.39, 0.29) is 11.4 Å². The Hall–Kier alpha value is -1.67. The van der Waals surface area contributed by atoms with Crippen LogP contribution >= 0.6 is 11.6 Å². The van der Waals surface area contributed by atoms with Gasteiger partial charge in [-0.3, -0.25) is 0 Å². The van der Waals surface area contributed by atoms with E-state index in [1.54, 1.807) is 36.4 Å². The fraction of sp³-hybridized carbons (Fsp3) is 0.389. The molecule has 0 amide bonds. The minimum Gasteiger partial charge on any atom is -0.387 e. The number of aliphatic hydroxyl groups excluding tert-OH is 1. The second-order valence-electron chi connectivity index (χ2n) is 6.29. The van der Waals surface area contributed by atoms with Gasteiger partial charge in [-0.25, -0.2) is 13.4 Å². The van der Waals surface area contributed by atoms with E-state index in [4.69, 9.17) is 11.6 Å². The second-order valence-corrected chi connectivity index (χ2v) is 8.67. The molecule has 3 rings (SSSR count). The Labute approximate surface area is 158 Å². The van der Waals surface area contributed by atoms with Gasteiger partial charge in [-0.1, -0.05) is 30.2 Å². The van der Waals surface area contributed by atoms with Gasteiger partial charge in [-0.2, -0.15) is 4.31 Å². The lowest BCUT2D eigenvalue weighted by molar-refractivity contribution is 0.191. The zero-order valence-corrected chi connectivity index (χ0v) is 15.9. The van der Waals surface area contributed by atoms with Crippen molar-refractivity contribution in [3.05, 3.63) is 53.2 Å². The number of hydrogen-bond donors (Lipinski definition) is 2. The van der Waals surface area contributed by atoms with Gasteiger partial charge < -0.3 is 10.4 Å². The first-order valence-electron chi connectivity index (χ1n) is 8.60. The van der Waals surface area contributed by atoms with Crippen LogP contribution in [0.1, 0.15) is 30.9 Å². The van der Waals surface area contributed by atoms with E-state index in [0.29, 0.717) is 23.9 Å². The Balaban J connectivity index is 1.61. The molecule has 6 nitrogen and oxygen atoms in total. The third kappa shape index (κ3) is 4.54. The molecule has 0 bridgehead atoms. The van der Waals surface area contributed by atoms with Gasteiger partial charge in [-0.05, 0) is 42.7 Å². The maximum absolute atomic E-state index is 12.6. The molecule has 140 valence electrons. The highest BCUT2D eigenvalue weighted by molar-refractivity contribution is 7.89. The van der Waals surface area contributed by atoms with E-state index < -0.39 is 16.1 Å². The lowest BCUT2D eigenvalue weighted by Gasteiger charge is -2.25. The van der Waals surface area contributed by atoms with Gasteiger partial charge in [0.15, 0.2) is 0 Å². The zero-order valence-electron chi connectivity index (χ0n) is 14.3. The fourth-order valence-electron chi connectivity index (χ4n) is 2.90. The van der Waals surface area contributed by atoms with Crippen molar-refractivity contribution >= 4 is 27.4 Å². The molecule has 1 aliphatic rings. The Bertz CT molecular complexity index is 820. The standard InChI is InChI=1S/C18H22ClN3O3S/c19-15-6-4-14(5-7-15)17(23)13-21-18-9-8-16(12-20-18)26(24,25)22-10-2-1-3-11-22/h4-9,12,17,23H,1-3,10-11,13H2,(H,20,21). The van der Waals surface area contributed by atoms with E-state index in [9.17, 15) is 13.5 Å². The van der Waals surface area contributed by atoms with Crippen LogP contribution in [0.4, 0.5) is 5.82 Å². The average molecular weight is 396 g/mol. The number of sulfonamides is 1. The first-order valence-corrected chi connectivity index (χ1v) is 10.4. The lowest BCUT2D eigenvalue weighted by atomic mass is 10.1. The van der Waals surface area contributed by atoms with E-state index in [1.165, 1.54) is 10.5 Å². The predicted octanol–water partition coefficient (Wildman–Crippen LogP) is 3.06. The van der Waals surface area contributed by atoms with Crippen LogP contribution < -0.4 is 5.32 Å². The highest BCUT2D eigenvalue weighted by Gasteiger charge is 2.26. The number of hydrogen-bond acceptors (Lipinski definition) is 5. The molecule has 1 aromatic heterocycles. The van der Waals surface area contributed by atoms with E-state index >= 15 is 0 Å². The summed E-state index contributed by atoms with van der Waals surface area (Å²) in [5.74, 6) is 0.510. The summed E-state index contributed by atoms with van der Waals surface area (Å²) in [5.41, 5.74) is 0.742. The molecule has 0 saturated carbocycles. The van der Waals surface area contributed by atoms with Crippen LogP contribution in [0.2, 0.25) is 5.02 Å². The van der Waals surface area contributed by atoms with Crippen molar-refractivity contribution in [3.8, 4) is 0 Å². The molecule has 2 aromatic rings. The summed E-state index contributed by atoms with van der Waals surface area (Å²) < 4.78 is 26.7. The number of rotatable bonds is 6. The van der Waals surface area contributed by atoms with Gasteiger partial charge in [0.2, 0.25) is 10.0 Å². The molecule has 0 spiro atoms. The zero-order chi connectivity index (χ0) is 18.6. The van der Waals surface area contributed by atoms with E-state index in [0.717, 1.165) is 24.8 Å².